The van der Waals surface area contributed by atoms with E-state index in [2.05, 4.69) is 33.9 Å². The Morgan fingerprint density at radius 1 is 1.23 bits per heavy atom. The molecule has 0 aliphatic carbocycles. The Balaban J connectivity index is 2.70. The van der Waals surface area contributed by atoms with Gasteiger partial charge in [0.15, 0.2) is 8.32 Å². The topological polar surface area (TPSA) is 64.8 Å². The molecule has 0 aromatic carbocycles. The molecule has 1 saturated heterocycles. The van der Waals surface area contributed by atoms with Crippen LogP contribution >= 0.6 is 0 Å². The molecule has 1 fully saturated rings. The van der Waals surface area contributed by atoms with E-state index in [0.717, 1.165) is 6.42 Å². The van der Waals surface area contributed by atoms with Crippen LogP contribution < -0.4 is 5.73 Å². The number of likely N-dealkylation sites (tertiary alicyclic amines) is 1. The third kappa shape index (κ3) is 5.24. The highest BCUT2D eigenvalue weighted by atomic mass is 28.4. The fourth-order valence-electron chi connectivity index (χ4n) is 2.18. The lowest BCUT2D eigenvalue weighted by Gasteiger charge is -2.38. The molecule has 0 aromatic rings. The molecule has 0 aromatic heterocycles. The van der Waals surface area contributed by atoms with Crippen LogP contribution in [0.4, 0.5) is 4.79 Å². The number of rotatable bonds is 3. The van der Waals surface area contributed by atoms with E-state index in [1.807, 2.05) is 20.8 Å². The second-order valence-corrected chi connectivity index (χ2v) is 13.7. The molecule has 1 amide bonds. The number of hydrogen-bond acceptors (Lipinski definition) is 4. The van der Waals surface area contributed by atoms with Gasteiger partial charge in [-0.15, -0.1) is 0 Å². The zero-order valence-corrected chi connectivity index (χ0v) is 16.5. The molecule has 6 heteroatoms. The smallest absolute Gasteiger partial charge is 0.410 e. The van der Waals surface area contributed by atoms with Crippen LogP contribution in [0.25, 0.3) is 0 Å². The summed E-state index contributed by atoms with van der Waals surface area (Å²) in [5.41, 5.74) is 5.56. The molecule has 0 bridgehead atoms. The molecule has 0 unspecified atom stereocenters. The van der Waals surface area contributed by atoms with Gasteiger partial charge >= 0.3 is 6.09 Å². The monoisotopic (exact) mass is 330 g/mol. The summed E-state index contributed by atoms with van der Waals surface area (Å²) in [6.07, 6.45) is 0.484. The van der Waals surface area contributed by atoms with Crippen LogP contribution in [0, 0.1) is 0 Å². The molecule has 5 nitrogen and oxygen atoms in total. The van der Waals surface area contributed by atoms with Crippen LogP contribution in [0.5, 0.6) is 0 Å². The molecule has 0 spiro atoms. The van der Waals surface area contributed by atoms with E-state index in [-0.39, 0.29) is 23.2 Å². The van der Waals surface area contributed by atoms with Gasteiger partial charge in [0.1, 0.15) is 5.60 Å². The van der Waals surface area contributed by atoms with E-state index in [4.69, 9.17) is 14.9 Å². The van der Waals surface area contributed by atoms with Gasteiger partial charge in [-0.25, -0.2) is 4.79 Å². The summed E-state index contributed by atoms with van der Waals surface area (Å²) in [5, 5.41) is 0.157. The third-order valence-electron chi connectivity index (χ3n) is 4.52. The minimum absolute atomic E-state index is 0.000494. The predicted molar refractivity (Wildman–Crippen MR) is 92.5 cm³/mol. The minimum Gasteiger partial charge on any atom is -0.444 e. The average molecular weight is 331 g/mol. The Morgan fingerprint density at radius 3 is 2.23 bits per heavy atom. The van der Waals surface area contributed by atoms with Crippen molar-refractivity contribution in [3.63, 3.8) is 0 Å². The van der Waals surface area contributed by atoms with Crippen LogP contribution in [0.15, 0.2) is 0 Å². The summed E-state index contributed by atoms with van der Waals surface area (Å²) in [5.74, 6) is 0. The van der Waals surface area contributed by atoms with Gasteiger partial charge in [0.05, 0.1) is 12.6 Å². The van der Waals surface area contributed by atoms with Crippen molar-refractivity contribution in [3.8, 4) is 0 Å². The second kappa shape index (κ2) is 6.49. The maximum atomic E-state index is 12.3. The lowest BCUT2D eigenvalue weighted by molar-refractivity contribution is 0.0180. The molecule has 2 atom stereocenters. The Morgan fingerprint density at radius 2 is 1.77 bits per heavy atom. The normalized spacial score (nSPS) is 23.8. The highest BCUT2D eigenvalue weighted by Crippen LogP contribution is 2.37. The first kappa shape index (κ1) is 19.5. The number of carbonyl (C=O) groups excluding carboxylic acids is 1. The average Bonchev–Trinajstić information content (AvgIpc) is 2.64. The zero-order chi connectivity index (χ0) is 17.3. The van der Waals surface area contributed by atoms with Crippen molar-refractivity contribution in [1.29, 1.82) is 0 Å². The molecule has 0 radical (unpaired) electrons. The predicted octanol–water partition coefficient (Wildman–Crippen LogP) is 3.34. The standard InChI is InChI=1S/C16H34N2O3Si/c1-15(2,3)21-14(19)18-10-12(17)9-13(18)11-20-22(7,8)16(4,5)6/h12-13H,9-11,17H2,1-8H3/t12-,13-/m0/s1. The van der Waals surface area contributed by atoms with E-state index in [1.165, 1.54) is 0 Å². The molecule has 1 rings (SSSR count). The zero-order valence-electron chi connectivity index (χ0n) is 15.5. The fourth-order valence-corrected chi connectivity index (χ4v) is 3.22. The Kier molecular flexibility index (Phi) is 5.74. The molecular formula is C16H34N2O3Si. The van der Waals surface area contributed by atoms with Gasteiger partial charge in [0.2, 0.25) is 0 Å². The van der Waals surface area contributed by atoms with E-state index in [1.54, 1.807) is 4.90 Å². The number of carbonyl (C=O) groups is 1. The first-order valence-electron chi connectivity index (χ1n) is 8.12. The first-order valence-corrected chi connectivity index (χ1v) is 11.0. The molecule has 130 valence electrons. The van der Waals surface area contributed by atoms with E-state index < -0.39 is 13.9 Å². The molecule has 1 heterocycles. The summed E-state index contributed by atoms with van der Waals surface area (Å²) >= 11 is 0. The van der Waals surface area contributed by atoms with Gasteiger partial charge in [0.25, 0.3) is 0 Å². The van der Waals surface area contributed by atoms with Gasteiger partial charge in [0, 0.05) is 12.6 Å². The van der Waals surface area contributed by atoms with Gasteiger partial charge < -0.3 is 19.8 Å². The second-order valence-electron chi connectivity index (χ2n) is 8.85. The number of nitrogens with zero attached hydrogens (tertiary/aromatic N) is 1. The number of hydrogen-bond donors (Lipinski definition) is 1. The summed E-state index contributed by atoms with van der Waals surface area (Å²) in [6, 6.07) is 0.0134. The van der Waals surface area contributed by atoms with Gasteiger partial charge in [-0.1, -0.05) is 20.8 Å². The molecule has 1 aliphatic rings. The van der Waals surface area contributed by atoms with E-state index in [9.17, 15) is 4.79 Å². The summed E-state index contributed by atoms with van der Waals surface area (Å²) < 4.78 is 11.8. The molecule has 1 aliphatic heterocycles. The van der Waals surface area contributed by atoms with Crippen LogP contribution in [0.1, 0.15) is 48.0 Å². The summed E-state index contributed by atoms with van der Waals surface area (Å²) in [4.78, 5) is 14.1. The highest BCUT2D eigenvalue weighted by Gasteiger charge is 2.41. The van der Waals surface area contributed by atoms with E-state index in [0.29, 0.717) is 13.2 Å². The lowest BCUT2D eigenvalue weighted by atomic mass is 10.2. The molecule has 2 N–H and O–H groups in total. The van der Waals surface area contributed by atoms with Crippen molar-refractivity contribution >= 4 is 14.4 Å². The third-order valence-corrected chi connectivity index (χ3v) is 9.02. The van der Waals surface area contributed by atoms with Crippen LogP contribution in [-0.4, -0.2) is 50.1 Å². The van der Waals surface area contributed by atoms with Crippen molar-refractivity contribution in [2.24, 2.45) is 5.73 Å². The Hall–Kier alpha value is -0.593. The molecule has 0 saturated carbocycles. The van der Waals surface area contributed by atoms with Crippen LogP contribution in [-0.2, 0) is 9.16 Å². The molecular weight excluding hydrogens is 296 g/mol. The van der Waals surface area contributed by atoms with Crippen molar-refractivity contribution in [3.05, 3.63) is 0 Å². The SMILES string of the molecule is CC(C)(C)OC(=O)N1C[C@@H](N)C[C@H]1CO[Si](C)(C)C(C)(C)C. The minimum atomic E-state index is -1.83. The largest absolute Gasteiger partial charge is 0.444 e. The maximum Gasteiger partial charge on any atom is 0.410 e. The van der Waals surface area contributed by atoms with Crippen LogP contribution in [0.2, 0.25) is 18.1 Å². The van der Waals surface area contributed by atoms with Crippen LogP contribution in [0.3, 0.4) is 0 Å². The maximum absolute atomic E-state index is 12.3. The number of nitrogens with two attached hydrogens (primary N) is 1. The fraction of sp³-hybridized carbons (Fsp3) is 0.938. The van der Waals surface area contributed by atoms with Crippen molar-refractivity contribution in [1.82, 2.24) is 4.90 Å². The molecule has 22 heavy (non-hydrogen) atoms. The van der Waals surface area contributed by atoms with Gasteiger partial charge in [-0.2, -0.15) is 0 Å². The quantitative estimate of drug-likeness (QED) is 0.806. The highest BCUT2D eigenvalue weighted by molar-refractivity contribution is 6.74. The number of ether oxygens (including phenoxy) is 1. The lowest BCUT2D eigenvalue weighted by Crippen LogP contribution is -2.47. The Labute approximate surface area is 136 Å². The van der Waals surface area contributed by atoms with Crippen molar-refractivity contribution < 1.29 is 14.0 Å². The summed E-state index contributed by atoms with van der Waals surface area (Å²) in [6.45, 7) is 17.8. The Bertz CT molecular complexity index is 399. The first-order chi connectivity index (χ1) is 9.73. The summed E-state index contributed by atoms with van der Waals surface area (Å²) in [7, 11) is -1.83. The van der Waals surface area contributed by atoms with Crippen molar-refractivity contribution in [2.45, 2.75) is 83.8 Å². The number of amides is 1. The van der Waals surface area contributed by atoms with Gasteiger partial charge in [-0.3, -0.25) is 0 Å². The van der Waals surface area contributed by atoms with E-state index >= 15 is 0 Å². The van der Waals surface area contributed by atoms with Crippen molar-refractivity contribution in [2.75, 3.05) is 13.2 Å². The van der Waals surface area contributed by atoms with Gasteiger partial charge in [-0.05, 0) is 45.3 Å².